The standard InChI is InChI=1S/C26H34N2O5/c1-5-31-22-14-9-19(16-23(22)32-6-2)26(18(3)4)27-24(29)17-33-21-12-10-20(11-13-21)28-15-7-8-25(28)30/h9-14,16,18,26H,5-8,15,17H2,1-4H3,(H,27,29). The molecule has 2 aromatic rings. The molecule has 2 aromatic carbocycles. The molecule has 178 valence electrons. The van der Waals surface area contributed by atoms with E-state index in [-0.39, 0.29) is 30.4 Å². The van der Waals surface area contributed by atoms with Crippen molar-refractivity contribution in [3.8, 4) is 17.2 Å². The summed E-state index contributed by atoms with van der Waals surface area (Å²) in [5.41, 5.74) is 1.81. The molecule has 1 fully saturated rings. The Balaban J connectivity index is 1.61. The van der Waals surface area contributed by atoms with E-state index < -0.39 is 0 Å². The van der Waals surface area contributed by atoms with Crippen molar-refractivity contribution >= 4 is 17.5 Å². The molecule has 0 aliphatic carbocycles. The lowest BCUT2D eigenvalue weighted by molar-refractivity contribution is -0.124. The smallest absolute Gasteiger partial charge is 0.258 e. The number of hydrogen-bond donors (Lipinski definition) is 1. The Morgan fingerprint density at radius 3 is 2.30 bits per heavy atom. The monoisotopic (exact) mass is 454 g/mol. The molecule has 1 aliphatic rings. The zero-order chi connectivity index (χ0) is 23.8. The highest BCUT2D eigenvalue weighted by atomic mass is 16.5. The largest absolute Gasteiger partial charge is 0.490 e. The Morgan fingerprint density at radius 2 is 1.70 bits per heavy atom. The predicted molar refractivity (Wildman–Crippen MR) is 128 cm³/mol. The molecule has 1 unspecified atom stereocenters. The maximum Gasteiger partial charge on any atom is 0.258 e. The van der Waals surface area contributed by atoms with Gasteiger partial charge < -0.3 is 24.4 Å². The second-order valence-corrected chi connectivity index (χ2v) is 8.29. The SMILES string of the molecule is CCOc1ccc(C(NC(=O)COc2ccc(N3CCCC3=O)cc2)C(C)C)cc1OCC. The molecule has 1 heterocycles. The molecule has 0 spiro atoms. The maximum atomic E-state index is 12.7. The summed E-state index contributed by atoms with van der Waals surface area (Å²) >= 11 is 0. The second-order valence-electron chi connectivity index (χ2n) is 8.29. The van der Waals surface area contributed by atoms with Gasteiger partial charge in [0.15, 0.2) is 18.1 Å². The van der Waals surface area contributed by atoms with Gasteiger partial charge in [-0.25, -0.2) is 0 Å². The van der Waals surface area contributed by atoms with Crippen LogP contribution in [-0.2, 0) is 9.59 Å². The first-order chi connectivity index (χ1) is 15.9. The van der Waals surface area contributed by atoms with Gasteiger partial charge in [0.05, 0.1) is 19.3 Å². The summed E-state index contributed by atoms with van der Waals surface area (Å²) in [7, 11) is 0. The average Bonchev–Trinajstić information content (AvgIpc) is 3.23. The Labute approximate surface area is 196 Å². The first-order valence-electron chi connectivity index (χ1n) is 11.6. The molecule has 2 amide bonds. The first-order valence-corrected chi connectivity index (χ1v) is 11.6. The van der Waals surface area contributed by atoms with Gasteiger partial charge in [0, 0.05) is 18.7 Å². The lowest BCUT2D eigenvalue weighted by Gasteiger charge is -2.24. The minimum Gasteiger partial charge on any atom is -0.490 e. The quantitative estimate of drug-likeness (QED) is 0.541. The van der Waals surface area contributed by atoms with Crippen LogP contribution in [0.3, 0.4) is 0 Å². The fraction of sp³-hybridized carbons (Fsp3) is 0.462. The molecular formula is C26H34N2O5. The molecule has 7 nitrogen and oxygen atoms in total. The normalized spacial score (nSPS) is 14.3. The summed E-state index contributed by atoms with van der Waals surface area (Å²) in [6, 6.07) is 12.8. The number of nitrogens with zero attached hydrogens (tertiary/aromatic N) is 1. The van der Waals surface area contributed by atoms with Gasteiger partial charge in [-0.3, -0.25) is 9.59 Å². The number of benzene rings is 2. The Hall–Kier alpha value is -3.22. The van der Waals surface area contributed by atoms with E-state index in [4.69, 9.17) is 14.2 Å². The van der Waals surface area contributed by atoms with Gasteiger partial charge >= 0.3 is 0 Å². The molecule has 1 atom stereocenters. The minimum atomic E-state index is -0.209. The second kappa shape index (κ2) is 11.6. The molecule has 0 bridgehead atoms. The lowest BCUT2D eigenvalue weighted by atomic mass is 9.95. The Bertz CT molecular complexity index is 942. The summed E-state index contributed by atoms with van der Waals surface area (Å²) in [5.74, 6) is 2.05. The van der Waals surface area contributed by atoms with Crippen LogP contribution in [0.4, 0.5) is 5.69 Å². The van der Waals surface area contributed by atoms with Gasteiger partial charge in [0.2, 0.25) is 5.91 Å². The number of hydrogen-bond acceptors (Lipinski definition) is 5. The fourth-order valence-corrected chi connectivity index (χ4v) is 3.90. The number of carbonyl (C=O) groups is 2. The lowest BCUT2D eigenvalue weighted by Crippen LogP contribution is -2.35. The number of nitrogens with one attached hydrogen (secondary N) is 1. The zero-order valence-electron chi connectivity index (χ0n) is 19.9. The van der Waals surface area contributed by atoms with Crippen molar-refractivity contribution in [3.05, 3.63) is 48.0 Å². The fourth-order valence-electron chi connectivity index (χ4n) is 3.90. The highest BCUT2D eigenvalue weighted by molar-refractivity contribution is 5.95. The van der Waals surface area contributed by atoms with Crippen molar-refractivity contribution in [1.82, 2.24) is 5.32 Å². The van der Waals surface area contributed by atoms with Crippen LogP contribution in [0, 0.1) is 5.92 Å². The van der Waals surface area contributed by atoms with Gasteiger partial charge in [0.1, 0.15) is 5.75 Å². The molecular weight excluding hydrogens is 420 g/mol. The number of ether oxygens (including phenoxy) is 3. The molecule has 3 rings (SSSR count). The maximum absolute atomic E-state index is 12.7. The number of anilines is 1. The topological polar surface area (TPSA) is 77.1 Å². The van der Waals surface area contributed by atoms with Gasteiger partial charge in [-0.15, -0.1) is 0 Å². The molecule has 1 N–H and O–H groups in total. The van der Waals surface area contributed by atoms with Gasteiger partial charge in [-0.1, -0.05) is 19.9 Å². The van der Waals surface area contributed by atoms with Gasteiger partial charge in [-0.05, 0) is 68.1 Å². The van der Waals surface area contributed by atoms with E-state index in [2.05, 4.69) is 19.2 Å². The Morgan fingerprint density at radius 1 is 1.00 bits per heavy atom. The van der Waals surface area contributed by atoms with E-state index in [0.717, 1.165) is 24.2 Å². The van der Waals surface area contributed by atoms with Crippen LogP contribution < -0.4 is 24.4 Å². The van der Waals surface area contributed by atoms with Crippen molar-refractivity contribution in [3.63, 3.8) is 0 Å². The van der Waals surface area contributed by atoms with E-state index in [1.165, 1.54) is 0 Å². The van der Waals surface area contributed by atoms with E-state index in [9.17, 15) is 9.59 Å². The highest BCUT2D eigenvalue weighted by Crippen LogP contribution is 2.33. The Kier molecular flexibility index (Phi) is 8.58. The predicted octanol–water partition coefficient (Wildman–Crippen LogP) is 4.50. The zero-order valence-corrected chi connectivity index (χ0v) is 19.9. The van der Waals surface area contributed by atoms with Crippen molar-refractivity contribution in [1.29, 1.82) is 0 Å². The van der Waals surface area contributed by atoms with E-state index in [0.29, 0.717) is 36.9 Å². The van der Waals surface area contributed by atoms with Crippen molar-refractivity contribution < 1.29 is 23.8 Å². The molecule has 33 heavy (non-hydrogen) atoms. The van der Waals surface area contributed by atoms with Gasteiger partial charge in [0.25, 0.3) is 5.91 Å². The molecule has 1 saturated heterocycles. The highest BCUT2D eigenvalue weighted by Gasteiger charge is 2.22. The van der Waals surface area contributed by atoms with Crippen molar-refractivity contribution in [2.75, 3.05) is 31.3 Å². The summed E-state index contributed by atoms with van der Waals surface area (Å²) in [6.07, 6.45) is 1.48. The van der Waals surface area contributed by atoms with Crippen molar-refractivity contribution in [2.45, 2.75) is 46.6 Å². The third-order valence-corrected chi connectivity index (χ3v) is 5.50. The van der Waals surface area contributed by atoms with Crippen LogP contribution in [0.1, 0.15) is 52.1 Å². The molecule has 1 aliphatic heterocycles. The summed E-state index contributed by atoms with van der Waals surface area (Å²) < 4.78 is 17.1. The third-order valence-electron chi connectivity index (χ3n) is 5.50. The summed E-state index contributed by atoms with van der Waals surface area (Å²) in [5, 5.41) is 3.07. The van der Waals surface area contributed by atoms with Crippen LogP contribution in [0.5, 0.6) is 17.2 Å². The van der Waals surface area contributed by atoms with Gasteiger partial charge in [-0.2, -0.15) is 0 Å². The molecule has 0 saturated carbocycles. The van der Waals surface area contributed by atoms with Crippen LogP contribution in [0.2, 0.25) is 0 Å². The van der Waals surface area contributed by atoms with Crippen LogP contribution in [0.25, 0.3) is 0 Å². The number of carbonyl (C=O) groups excluding carboxylic acids is 2. The summed E-state index contributed by atoms with van der Waals surface area (Å²) in [6.45, 7) is 9.70. The van der Waals surface area contributed by atoms with Crippen LogP contribution >= 0.6 is 0 Å². The van der Waals surface area contributed by atoms with Crippen LogP contribution in [0.15, 0.2) is 42.5 Å². The average molecular weight is 455 g/mol. The van der Waals surface area contributed by atoms with E-state index in [1.807, 2.05) is 44.2 Å². The molecule has 0 radical (unpaired) electrons. The third kappa shape index (κ3) is 6.40. The van der Waals surface area contributed by atoms with Crippen molar-refractivity contribution in [2.24, 2.45) is 5.92 Å². The van der Waals surface area contributed by atoms with Crippen LogP contribution in [-0.4, -0.2) is 38.2 Å². The van der Waals surface area contributed by atoms with E-state index in [1.54, 1.807) is 17.0 Å². The summed E-state index contributed by atoms with van der Waals surface area (Å²) in [4.78, 5) is 26.3. The minimum absolute atomic E-state index is 0.0967. The molecule has 7 heteroatoms. The number of amides is 2. The molecule has 0 aromatic heterocycles. The number of rotatable bonds is 11. The first kappa shape index (κ1) is 24.4. The van der Waals surface area contributed by atoms with E-state index >= 15 is 0 Å².